The van der Waals surface area contributed by atoms with Gasteiger partial charge in [-0.15, -0.1) is 0 Å². The van der Waals surface area contributed by atoms with Crippen molar-refractivity contribution in [1.82, 2.24) is 9.80 Å². The molecule has 0 unspecified atom stereocenters. The van der Waals surface area contributed by atoms with Crippen molar-refractivity contribution in [3.8, 4) is 0 Å². The predicted octanol–water partition coefficient (Wildman–Crippen LogP) is -0.351. The topological polar surface area (TPSA) is 24.9 Å². The van der Waals surface area contributed by atoms with E-state index in [1.165, 1.54) is 0 Å². The van der Waals surface area contributed by atoms with E-state index in [1.54, 1.807) is 0 Å². The Morgan fingerprint density at radius 2 is 1.50 bits per heavy atom. The fourth-order valence-corrected chi connectivity index (χ4v) is 2.00. The van der Waals surface area contributed by atoms with E-state index in [0.29, 0.717) is 6.04 Å². The Hall–Kier alpha value is -0.160. The molecule has 0 bridgehead atoms. The Morgan fingerprint density at radius 3 is 2.07 bits per heavy atom. The predicted molar refractivity (Wildman–Crippen MR) is 54.5 cm³/mol. The summed E-state index contributed by atoms with van der Waals surface area (Å²) < 4.78 is 11.0. The highest BCUT2D eigenvalue weighted by Gasteiger charge is 2.23. The molecule has 0 aromatic carbocycles. The van der Waals surface area contributed by atoms with Gasteiger partial charge in [-0.05, 0) is 7.05 Å². The van der Waals surface area contributed by atoms with Crippen LogP contribution < -0.4 is 0 Å². The second-order valence-corrected chi connectivity index (χ2v) is 4.14. The first-order chi connectivity index (χ1) is 6.86. The molecule has 4 nitrogen and oxygen atoms in total. The van der Waals surface area contributed by atoms with Gasteiger partial charge in [-0.2, -0.15) is 0 Å². The van der Waals surface area contributed by atoms with Crippen molar-refractivity contribution in [2.75, 3.05) is 59.7 Å². The number of hydrogen-bond acceptors (Lipinski definition) is 4. The summed E-state index contributed by atoms with van der Waals surface area (Å²) in [5.41, 5.74) is 0. The van der Waals surface area contributed by atoms with E-state index >= 15 is 0 Å². The quantitative estimate of drug-likeness (QED) is 0.577. The van der Waals surface area contributed by atoms with Crippen LogP contribution >= 0.6 is 0 Å². The maximum absolute atomic E-state index is 5.51. The van der Waals surface area contributed by atoms with Crippen LogP contribution in [0.5, 0.6) is 0 Å². The lowest BCUT2D eigenvalue weighted by atomic mass is 10.2. The highest BCUT2D eigenvalue weighted by atomic mass is 16.5. The minimum Gasteiger partial charge on any atom is -0.377 e. The third-order valence-corrected chi connectivity index (χ3v) is 3.05. The van der Waals surface area contributed by atoms with Gasteiger partial charge in [-0.1, -0.05) is 0 Å². The summed E-state index contributed by atoms with van der Waals surface area (Å²) in [6.07, 6.45) is 0. The normalized spacial score (nSPS) is 28.9. The van der Waals surface area contributed by atoms with Crippen LogP contribution in [0.2, 0.25) is 0 Å². The Balaban J connectivity index is 1.81. The number of rotatable bonds is 1. The van der Waals surface area contributed by atoms with Crippen LogP contribution in [0.4, 0.5) is 0 Å². The molecule has 0 aromatic heterocycles. The van der Waals surface area contributed by atoms with Gasteiger partial charge in [0.15, 0.2) is 0 Å². The summed E-state index contributed by atoms with van der Waals surface area (Å²) in [5.74, 6) is 0. The molecule has 0 amide bonds. The second kappa shape index (κ2) is 5.07. The molecule has 0 radical (unpaired) electrons. The smallest absolute Gasteiger partial charge is 0.0701 e. The lowest BCUT2D eigenvalue weighted by Crippen LogP contribution is -2.51. The van der Waals surface area contributed by atoms with Gasteiger partial charge in [-0.3, -0.25) is 4.90 Å². The van der Waals surface area contributed by atoms with E-state index in [4.69, 9.17) is 9.47 Å². The molecule has 14 heavy (non-hydrogen) atoms. The first-order valence-electron chi connectivity index (χ1n) is 5.44. The summed E-state index contributed by atoms with van der Waals surface area (Å²) >= 11 is 0. The number of likely N-dealkylation sites (N-methyl/N-ethyl adjacent to an activating group) is 1. The first kappa shape index (κ1) is 10.4. The Bertz CT molecular complexity index is 162. The highest BCUT2D eigenvalue weighted by molar-refractivity contribution is 4.77. The third kappa shape index (κ3) is 2.67. The van der Waals surface area contributed by atoms with E-state index in [-0.39, 0.29) is 0 Å². The molecule has 0 atom stereocenters. The minimum atomic E-state index is 0.478. The molecule has 2 heterocycles. The number of hydrogen-bond donors (Lipinski definition) is 0. The molecular formula is C10H20N2O2. The number of piperazine rings is 1. The zero-order chi connectivity index (χ0) is 9.80. The highest BCUT2D eigenvalue weighted by Crippen LogP contribution is 2.08. The zero-order valence-corrected chi connectivity index (χ0v) is 8.95. The molecule has 2 saturated heterocycles. The molecule has 2 fully saturated rings. The molecule has 0 aromatic rings. The minimum absolute atomic E-state index is 0.478. The fraction of sp³-hybridized carbons (Fsp3) is 1.00. The van der Waals surface area contributed by atoms with Gasteiger partial charge in [0.25, 0.3) is 0 Å². The van der Waals surface area contributed by atoms with Gasteiger partial charge in [0, 0.05) is 26.2 Å². The molecule has 82 valence electrons. The van der Waals surface area contributed by atoms with Crippen LogP contribution in [0.25, 0.3) is 0 Å². The van der Waals surface area contributed by atoms with Gasteiger partial charge in [0.2, 0.25) is 0 Å². The first-order valence-corrected chi connectivity index (χ1v) is 5.44. The molecular weight excluding hydrogens is 180 g/mol. The maximum atomic E-state index is 5.51. The van der Waals surface area contributed by atoms with Gasteiger partial charge in [0.1, 0.15) is 0 Å². The van der Waals surface area contributed by atoms with Crippen LogP contribution in [0.3, 0.4) is 0 Å². The fourth-order valence-electron chi connectivity index (χ4n) is 2.00. The lowest BCUT2D eigenvalue weighted by molar-refractivity contribution is 0.0405. The average Bonchev–Trinajstić information content (AvgIpc) is 2.47. The summed E-state index contributed by atoms with van der Waals surface area (Å²) in [7, 11) is 2.18. The Morgan fingerprint density at radius 1 is 0.929 bits per heavy atom. The van der Waals surface area contributed by atoms with Gasteiger partial charge in [-0.25, -0.2) is 0 Å². The number of nitrogens with zero attached hydrogens (tertiary/aromatic N) is 2. The van der Waals surface area contributed by atoms with Crippen LogP contribution in [-0.2, 0) is 9.47 Å². The van der Waals surface area contributed by atoms with Crippen molar-refractivity contribution in [2.45, 2.75) is 6.04 Å². The van der Waals surface area contributed by atoms with Crippen LogP contribution in [0, 0.1) is 0 Å². The maximum Gasteiger partial charge on any atom is 0.0701 e. The molecule has 0 spiro atoms. The van der Waals surface area contributed by atoms with E-state index in [9.17, 15) is 0 Å². The zero-order valence-electron chi connectivity index (χ0n) is 8.95. The summed E-state index contributed by atoms with van der Waals surface area (Å²) in [6.45, 7) is 7.80. The molecule has 0 N–H and O–H groups in total. The third-order valence-electron chi connectivity index (χ3n) is 3.05. The number of ether oxygens (including phenoxy) is 2. The van der Waals surface area contributed by atoms with E-state index in [2.05, 4.69) is 16.8 Å². The molecule has 4 heteroatoms. The van der Waals surface area contributed by atoms with E-state index in [0.717, 1.165) is 52.6 Å². The van der Waals surface area contributed by atoms with Gasteiger partial charge < -0.3 is 14.4 Å². The van der Waals surface area contributed by atoms with Gasteiger partial charge >= 0.3 is 0 Å². The monoisotopic (exact) mass is 200 g/mol. The summed E-state index contributed by atoms with van der Waals surface area (Å²) in [6, 6.07) is 0.478. The standard InChI is InChI=1S/C10H20N2O2/c1-11-2-4-12(5-3-11)10-8-13-6-7-14-9-10/h10H,2-9H2,1H3. The van der Waals surface area contributed by atoms with Crippen molar-refractivity contribution < 1.29 is 9.47 Å². The van der Waals surface area contributed by atoms with Crippen molar-refractivity contribution in [3.63, 3.8) is 0 Å². The van der Waals surface area contributed by atoms with Crippen molar-refractivity contribution in [2.24, 2.45) is 0 Å². The molecule has 2 aliphatic rings. The van der Waals surface area contributed by atoms with Crippen molar-refractivity contribution in [3.05, 3.63) is 0 Å². The molecule has 2 aliphatic heterocycles. The van der Waals surface area contributed by atoms with Crippen LogP contribution in [0.15, 0.2) is 0 Å². The van der Waals surface area contributed by atoms with Crippen molar-refractivity contribution in [1.29, 1.82) is 0 Å². The second-order valence-electron chi connectivity index (χ2n) is 4.14. The van der Waals surface area contributed by atoms with Gasteiger partial charge in [0.05, 0.1) is 32.5 Å². The SMILES string of the molecule is CN1CCN(C2COCCOC2)CC1. The van der Waals surface area contributed by atoms with E-state index < -0.39 is 0 Å². The van der Waals surface area contributed by atoms with Crippen LogP contribution in [-0.4, -0.2) is 75.5 Å². The van der Waals surface area contributed by atoms with Crippen molar-refractivity contribution >= 4 is 0 Å². The average molecular weight is 200 g/mol. The Labute approximate surface area is 85.8 Å². The van der Waals surface area contributed by atoms with Crippen LogP contribution in [0.1, 0.15) is 0 Å². The lowest BCUT2D eigenvalue weighted by Gasteiger charge is -2.36. The van der Waals surface area contributed by atoms with E-state index in [1.807, 2.05) is 0 Å². The molecule has 2 rings (SSSR count). The largest absolute Gasteiger partial charge is 0.377 e. The summed E-state index contributed by atoms with van der Waals surface area (Å²) in [4.78, 5) is 4.86. The molecule has 0 aliphatic carbocycles. The summed E-state index contributed by atoms with van der Waals surface area (Å²) in [5, 5.41) is 0. The Kier molecular flexibility index (Phi) is 3.75. The molecule has 0 saturated carbocycles.